The summed E-state index contributed by atoms with van der Waals surface area (Å²) in [6.07, 6.45) is 1.21. The largest absolute Gasteiger partial charge is 0.313 e. The van der Waals surface area contributed by atoms with E-state index in [1.165, 1.54) is 16.4 Å². The van der Waals surface area contributed by atoms with Gasteiger partial charge in [-0.25, -0.2) is 0 Å². The Morgan fingerprint density at radius 3 is 2.00 bits per heavy atom. The molecule has 3 heteroatoms. The van der Waals surface area contributed by atoms with E-state index < -0.39 is 8.07 Å². The van der Waals surface area contributed by atoms with E-state index in [0.29, 0.717) is 11.1 Å². The summed E-state index contributed by atoms with van der Waals surface area (Å²) >= 11 is 0. The molecule has 0 radical (unpaired) electrons. The molecule has 16 heavy (non-hydrogen) atoms. The fourth-order valence-corrected chi connectivity index (χ4v) is 3.04. The molecule has 0 spiro atoms. The highest BCUT2D eigenvalue weighted by Gasteiger charge is 2.34. The fourth-order valence-electron chi connectivity index (χ4n) is 1.26. The second kappa shape index (κ2) is 5.65. The van der Waals surface area contributed by atoms with E-state index in [1.54, 1.807) is 10.8 Å². The second-order valence-corrected chi connectivity index (χ2v) is 14.0. The summed E-state index contributed by atoms with van der Waals surface area (Å²) in [5.41, 5.74) is 1.55. The average molecular weight is 258 g/mol. The molecule has 0 bridgehead atoms. The maximum absolute atomic E-state index is 3.74. The maximum Gasteiger partial charge on any atom is 0.0679 e. The number of rotatable bonds is 4. The topological polar surface area (TPSA) is 12.0 Å². The van der Waals surface area contributed by atoms with Crippen LogP contribution < -0.4 is 5.32 Å². The summed E-state index contributed by atoms with van der Waals surface area (Å²) < 4.78 is 0. The maximum atomic E-state index is 3.74. The Balaban J connectivity index is 4.43. The van der Waals surface area contributed by atoms with Crippen LogP contribution in [0, 0.1) is 0 Å². The molecule has 0 amide bonds. The molecule has 0 saturated heterocycles. The first kappa shape index (κ1) is 16.1. The number of allylic oxidation sites excluding steroid dienone is 1. The lowest BCUT2D eigenvalue weighted by Gasteiger charge is -2.38. The third kappa shape index (κ3) is 4.56. The molecule has 0 heterocycles. The average Bonchev–Trinajstić information content (AvgIpc) is 2.11. The van der Waals surface area contributed by atoms with Crippen LogP contribution in [0.5, 0.6) is 0 Å². The Hall–Kier alpha value is 0.134. The molecule has 0 aromatic heterocycles. The van der Waals surface area contributed by atoms with Crippen LogP contribution in [-0.4, -0.2) is 30.5 Å². The molecule has 0 aliphatic heterocycles. The summed E-state index contributed by atoms with van der Waals surface area (Å²) in [6.45, 7) is 18.9. The van der Waals surface area contributed by atoms with Crippen molar-refractivity contribution in [2.45, 2.75) is 65.7 Å². The van der Waals surface area contributed by atoms with Crippen LogP contribution in [0.1, 0.15) is 41.5 Å². The third-order valence-electron chi connectivity index (χ3n) is 4.32. The predicted octanol–water partition coefficient (Wildman–Crippen LogP) is 2.67. The molecule has 1 nitrogen and oxygen atoms in total. The van der Waals surface area contributed by atoms with Gasteiger partial charge in [0.2, 0.25) is 0 Å². The summed E-state index contributed by atoms with van der Waals surface area (Å²) in [5, 5.41) is 5.80. The lowest BCUT2D eigenvalue weighted by molar-refractivity contribution is 0.634. The number of hydrogen-bond donors (Lipinski definition) is 1. The van der Waals surface area contributed by atoms with Crippen LogP contribution in [0.2, 0.25) is 18.1 Å². The van der Waals surface area contributed by atoms with Crippen molar-refractivity contribution in [1.82, 2.24) is 5.32 Å². The standard InChI is InChI=1S/C13H31NSi2/c1-10(12(3)15)11(2)14-9-16(7,8)13(4,5)6/h11,14H,9H2,1-8,15H3. The lowest BCUT2D eigenvalue weighted by Crippen LogP contribution is -2.49. The highest BCUT2D eigenvalue weighted by Crippen LogP contribution is 2.35. The van der Waals surface area contributed by atoms with Gasteiger partial charge in [-0.15, -0.1) is 0 Å². The summed E-state index contributed by atoms with van der Waals surface area (Å²) in [5.74, 6) is 0. The molecule has 0 fully saturated rings. The van der Waals surface area contributed by atoms with Crippen molar-refractivity contribution >= 4 is 18.3 Å². The van der Waals surface area contributed by atoms with Gasteiger partial charge in [0, 0.05) is 16.3 Å². The van der Waals surface area contributed by atoms with E-state index >= 15 is 0 Å². The van der Waals surface area contributed by atoms with E-state index in [9.17, 15) is 0 Å². The van der Waals surface area contributed by atoms with Crippen LogP contribution in [0.4, 0.5) is 0 Å². The Morgan fingerprint density at radius 2 is 1.69 bits per heavy atom. The van der Waals surface area contributed by atoms with Crippen molar-refractivity contribution in [1.29, 1.82) is 0 Å². The van der Waals surface area contributed by atoms with E-state index in [1.807, 2.05) is 0 Å². The van der Waals surface area contributed by atoms with Gasteiger partial charge in [0.05, 0.1) is 8.07 Å². The predicted molar refractivity (Wildman–Crippen MR) is 83.0 cm³/mol. The molecular formula is C13H31NSi2. The van der Waals surface area contributed by atoms with Gasteiger partial charge < -0.3 is 5.32 Å². The fraction of sp³-hybridized carbons (Fsp3) is 0.846. The summed E-state index contributed by atoms with van der Waals surface area (Å²) in [7, 11) is 0.0184. The van der Waals surface area contributed by atoms with Crippen molar-refractivity contribution in [3.8, 4) is 0 Å². The quantitative estimate of drug-likeness (QED) is 0.764. The van der Waals surface area contributed by atoms with E-state index in [-0.39, 0.29) is 0 Å². The minimum Gasteiger partial charge on any atom is -0.313 e. The third-order valence-corrected chi connectivity index (χ3v) is 10.3. The van der Waals surface area contributed by atoms with Crippen LogP contribution >= 0.6 is 0 Å². The Bertz CT molecular complexity index is 258. The number of nitrogens with one attached hydrogen (secondary N) is 1. The van der Waals surface area contributed by atoms with Crippen molar-refractivity contribution in [3.63, 3.8) is 0 Å². The van der Waals surface area contributed by atoms with Gasteiger partial charge in [0.1, 0.15) is 0 Å². The van der Waals surface area contributed by atoms with Crippen molar-refractivity contribution < 1.29 is 0 Å². The van der Waals surface area contributed by atoms with Gasteiger partial charge in [0.15, 0.2) is 0 Å². The zero-order valence-corrected chi connectivity index (χ0v) is 15.8. The van der Waals surface area contributed by atoms with Crippen LogP contribution in [-0.2, 0) is 0 Å². The SMILES string of the molecule is CC([SiH3])=C(C)C(C)NC[Si](C)(C)C(C)(C)C. The Kier molecular flexibility index (Phi) is 5.70. The lowest BCUT2D eigenvalue weighted by atomic mass is 10.1. The van der Waals surface area contributed by atoms with Gasteiger partial charge in [-0.05, 0) is 32.0 Å². The molecule has 0 aromatic rings. The van der Waals surface area contributed by atoms with E-state index in [4.69, 9.17) is 0 Å². The summed E-state index contributed by atoms with van der Waals surface area (Å²) in [6, 6.07) is 0.548. The molecule has 1 atom stereocenters. The minimum atomic E-state index is -1.17. The molecule has 0 aromatic carbocycles. The molecular weight excluding hydrogens is 226 g/mol. The molecule has 1 N–H and O–H groups in total. The Labute approximate surface area is 107 Å². The molecule has 96 valence electrons. The summed E-state index contributed by atoms with van der Waals surface area (Å²) in [4.78, 5) is 0. The zero-order valence-electron chi connectivity index (χ0n) is 12.8. The first-order valence-corrected chi connectivity index (χ1v) is 10.6. The molecule has 1 unspecified atom stereocenters. The van der Waals surface area contributed by atoms with Crippen LogP contribution in [0.25, 0.3) is 0 Å². The van der Waals surface area contributed by atoms with Crippen molar-refractivity contribution in [3.05, 3.63) is 10.8 Å². The zero-order chi connectivity index (χ0) is 13.1. The highest BCUT2D eigenvalue weighted by molar-refractivity contribution is 6.80. The monoisotopic (exact) mass is 257 g/mol. The molecule has 0 rings (SSSR count). The van der Waals surface area contributed by atoms with Gasteiger partial charge in [-0.3, -0.25) is 0 Å². The van der Waals surface area contributed by atoms with Crippen molar-refractivity contribution in [2.75, 3.05) is 6.17 Å². The number of hydrogen-bond acceptors (Lipinski definition) is 1. The van der Waals surface area contributed by atoms with Gasteiger partial charge >= 0.3 is 0 Å². The smallest absolute Gasteiger partial charge is 0.0679 e. The van der Waals surface area contributed by atoms with E-state index in [0.717, 1.165) is 0 Å². The normalized spacial score (nSPS) is 17.2. The van der Waals surface area contributed by atoms with Gasteiger partial charge in [-0.2, -0.15) is 0 Å². The molecule has 0 aliphatic carbocycles. The van der Waals surface area contributed by atoms with E-state index in [2.05, 4.69) is 60.0 Å². The first-order valence-electron chi connectivity index (χ1n) is 6.36. The Morgan fingerprint density at radius 1 is 1.25 bits per heavy atom. The molecule has 0 aliphatic rings. The van der Waals surface area contributed by atoms with Gasteiger partial charge in [0.25, 0.3) is 0 Å². The second-order valence-electron chi connectivity index (χ2n) is 6.92. The highest BCUT2D eigenvalue weighted by atomic mass is 28.3. The molecule has 0 saturated carbocycles. The minimum absolute atomic E-state index is 0.480. The van der Waals surface area contributed by atoms with Gasteiger partial charge in [-0.1, -0.05) is 44.6 Å². The van der Waals surface area contributed by atoms with Crippen molar-refractivity contribution in [2.24, 2.45) is 0 Å². The first-order chi connectivity index (χ1) is 6.99. The van der Waals surface area contributed by atoms with Crippen LogP contribution in [0.3, 0.4) is 0 Å². The van der Waals surface area contributed by atoms with Crippen LogP contribution in [0.15, 0.2) is 10.8 Å².